The molecule has 10 heteroatoms. The predicted octanol–water partition coefficient (Wildman–Crippen LogP) is 9.89. The van der Waals surface area contributed by atoms with Crippen molar-refractivity contribution in [3.05, 3.63) is 196 Å². The van der Waals surface area contributed by atoms with E-state index in [1.165, 1.54) is 0 Å². The van der Waals surface area contributed by atoms with Crippen molar-refractivity contribution < 1.29 is 19.4 Å². The van der Waals surface area contributed by atoms with Crippen LogP contribution in [0.1, 0.15) is 40.3 Å². The lowest BCUT2D eigenvalue weighted by molar-refractivity contribution is -0.129. The lowest BCUT2D eigenvalue weighted by atomic mass is 9.80. The lowest BCUT2D eigenvalue weighted by Gasteiger charge is -2.31. The number of hydrogen-bond donors (Lipinski definition) is 2. The highest BCUT2D eigenvalue weighted by atomic mass is 32.2. The highest BCUT2D eigenvalue weighted by Crippen LogP contribution is 2.44. The molecule has 1 heterocycles. The Morgan fingerprint density at radius 1 is 0.786 bits per heavy atom. The van der Waals surface area contributed by atoms with Gasteiger partial charge in [0.25, 0.3) is 5.91 Å². The van der Waals surface area contributed by atoms with Crippen LogP contribution in [0.25, 0.3) is 21.6 Å². The Morgan fingerprint density at radius 2 is 1.41 bits per heavy atom. The summed E-state index contributed by atoms with van der Waals surface area (Å²) >= 11 is 1.65. The average Bonchev–Trinajstić information content (AvgIpc) is 3.64. The fourth-order valence-electron chi connectivity index (χ4n) is 6.74. The molecule has 0 spiro atoms. The number of amides is 1. The molecule has 7 rings (SSSR count). The smallest absolute Gasteiger partial charge is 0.252 e. The number of aliphatic imine (C=N–C) groups is 1. The number of nitrogens with zero attached hydrogens (tertiary/aromatic N) is 4. The van der Waals surface area contributed by atoms with Crippen molar-refractivity contribution in [2.24, 2.45) is 10.1 Å². The van der Waals surface area contributed by atoms with E-state index in [0.29, 0.717) is 30.2 Å². The third kappa shape index (κ3) is 8.96. The van der Waals surface area contributed by atoms with Crippen LogP contribution in [0.4, 0.5) is 0 Å². The molecule has 6 aromatic carbocycles. The first-order chi connectivity index (χ1) is 27.6. The van der Waals surface area contributed by atoms with Crippen molar-refractivity contribution in [3.63, 3.8) is 0 Å². The van der Waals surface area contributed by atoms with Gasteiger partial charge in [0.1, 0.15) is 5.75 Å². The molecular weight excluding hydrogens is 719 g/mol. The van der Waals surface area contributed by atoms with Gasteiger partial charge in [-0.3, -0.25) is 4.79 Å². The largest absolute Gasteiger partial charge is 0.494 e. The zero-order chi connectivity index (χ0) is 38.6. The second-order valence-corrected chi connectivity index (χ2v) is 14.4. The highest BCUT2D eigenvalue weighted by molar-refractivity contribution is 7.99. The van der Waals surface area contributed by atoms with E-state index in [2.05, 4.69) is 45.7 Å². The second kappa shape index (κ2) is 18.3. The van der Waals surface area contributed by atoms with E-state index in [0.717, 1.165) is 43.2 Å². The van der Waals surface area contributed by atoms with Gasteiger partial charge in [-0.2, -0.15) is 0 Å². The van der Waals surface area contributed by atoms with Gasteiger partial charge in [0.05, 0.1) is 13.2 Å². The highest BCUT2D eigenvalue weighted by Gasteiger charge is 2.53. The number of rotatable bonds is 16. The standard InChI is InChI=1S/C46H41N5O4S/c47-51-49-32-38-15-8-7-14-37(38)30-46(45(53)48-31-39-16-9-10-19-42(39)56-41-17-5-2-6-18-41)43(35-22-20-34(21-23-35)33-12-3-1-4-13-33)55-44(50-46)36-24-26-40(27-25-36)54-29-11-28-52/h1-10,12-27,43,52H,11,28-32H2,(H,48,53)/t43-,46-/m1/s1. The maximum absolute atomic E-state index is 15.2. The molecule has 0 radical (unpaired) electrons. The van der Waals surface area contributed by atoms with E-state index in [4.69, 9.17) is 14.5 Å². The molecule has 0 fully saturated rings. The van der Waals surface area contributed by atoms with Crippen LogP contribution in [0.5, 0.6) is 5.75 Å². The van der Waals surface area contributed by atoms with Crippen LogP contribution in [0.3, 0.4) is 0 Å². The van der Waals surface area contributed by atoms with Crippen molar-refractivity contribution in [2.45, 2.75) is 47.4 Å². The maximum Gasteiger partial charge on any atom is 0.252 e. The number of aliphatic hydroxyl groups is 1. The van der Waals surface area contributed by atoms with Crippen LogP contribution in [-0.2, 0) is 29.0 Å². The number of nitrogens with one attached hydrogen (secondary N) is 1. The minimum Gasteiger partial charge on any atom is -0.494 e. The maximum atomic E-state index is 15.2. The number of azide groups is 1. The molecule has 0 aromatic heterocycles. The van der Waals surface area contributed by atoms with Crippen LogP contribution in [0.15, 0.2) is 178 Å². The molecule has 0 bridgehead atoms. The number of carbonyl (C=O) groups is 1. The fraction of sp³-hybridized carbons (Fsp3) is 0.174. The number of benzene rings is 6. The number of carbonyl (C=O) groups excluding carboxylic acids is 1. The summed E-state index contributed by atoms with van der Waals surface area (Å²) < 4.78 is 12.6. The first kappa shape index (κ1) is 38.0. The summed E-state index contributed by atoms with van der Waals surface area (Å²) in [4.78, 5) is 25.6. The Morgan fingerprint density at radius 3 is 2.12 bits per heavy atom. The zero-order valence-electron chi connectivity index (χ0n) is 30.7. The van der Waals surface area contributed by atoms with Crippen LogP contribution in [-0.4, -0.2) is 35.7 Å². The van der Waals surface area contributed by atoms with E-state index >= 15 is 4.79 Å². The normalized spacial score (nSPS) is 15.9. The molecule has 2 atom stereocenters. The molecular formula is C46H41N5O4S. The molecule has 56 heavy (non-hydrogen) atoms. The van der Waals surface area contributed by atoms with Crippen LogP contribution >= 0.6 is 11.8 Å². The Hall–Kier alpha value is -6.32. The summed E-state index contributed by atoms with van der Waals surface area (Å²) in [6.07, 6.45) is -0.117. The minimum absolute atomic E-state index is 0.0457. The van der Waals surface area contributed by atoms with E-state index in [9.17, 15) is 10.6 Å². The summed E-state index contributed by atoms with van der Waals surface area (Å²) in [7, 11) is 0. The van der Waals surface area contributed by atoms with Gasteiger partial charge < -0.3 is 19.9 Å². The Kier molecular flexibility index (Phi) is 12.4. The molecule has 1 aliphatic rings. The van der Waals surface area contributed by atoms with Crippen molar-refractivity contribution in [1.29, 1.82) is 0 Å². The summed E-state index contributed by atoms with van der Waals surface area (Å²) in [5, 5.41) is 16.3. The Bertz CT molecular complexity index is 2320. The van der Waals surface area contributed by atoms with Crippen molar-refractivity contribution in [1.82, 2.24) is 5.32 Å². The molecule has 9 nitrogen and oxygen atoms in total. The summed E-state index contributed by atoms with van der Waals surface area (Å²) in [5.41, 5.74) is 13.9. The van der Waals surface area contributed by atoms with Gasteiger partial charge in [0, 0.05) is 46.3 Å². The fourth-order valence-corrected chi connectivity index (χ4v) is 7.70. The van der Waals surface area contributed by atoms with Gasteiger partial charge in [-0.25, -0.2) is 4.99 Å². The van der Waals surface area contributed by atoms with Gasteiger partial charge in [-0.05, 0) is 81.4 Å². The molecule has 0 saturated carbocycles. The van der Waals surface area contributed by atoms with Gasteiger partial charge in [0.15, 0.2) is 11.6 Å². The van der Waals surface area contributed by atoms with E-state index in [1.807, 2.05) is 127 Å². The van der Waals surface area contributed by atoms with Crippen molar-refractivity contribution in [2.75, 3.05) is 13.2 Å². The minimum atomic E-state index is -1.46. The van der Waals surface area contributed by atoms with Gasteiger partial charge in [-0.15, -0.1) is 0 Å². The zero-order valence-corrected chi connectivity index (χ0v) is 31.5. The van der Waals surface area contributed by atoms with Crippen molar-refractivity contribution in [3.8, 4) is 16.9 Å². The SMILES string of the molecule is [N-]=[N+]=NCc1ccccc1C[C@@]1(C(=O)NCc2ccccc2Sc2ccccc2)N=C(c2ccc(OCCCO)cc2)O[C@@H]1c1ccc(-c2ccccc2)cc1. The topological polar surface area (TPSA) is 129 Å². The Balaban J connectivity index is 1.30. The van der Waals surface area contributed by atoms with E-state index in [1.54, 1.807) is 11.8 Å². The first-order valence-electron chi connectivity index (χ1n) is 18.5. The van der Waals surface area contributed by atoms with Crippen LogP contribution in [0.2, 0.25) is 0 Å². The molecule has 6 aromatic rings. The number of aliphatic hydroxyl groups excluding tert-OH is 1. The summed E-state index contributed by atoms with van der Waals surface area (Å²) in [5.74, 6) is 0.676. The molecule has 0 aliphatic carbocycles. The molecule has 280 valence electrons. The van der Waals surface area contributed by atoms with Crippen LogP contribution in [0, 0.1) is 0 Å². The number of ether oxygens (including phenoxy) is 2. The first-order valence-corrected chi connectivity index (χ1v) is 19.3. The molecule has 0 unspecified atom stereocenters. The summed E-state index contributed by atoms with van der Waals surface area (Å²) in [6.45, 7) is 0.825. The third-order valence-electron chi connectivity index (χ3n) is 9.62. The third-order valence-corrected chi connectivity index (χ3v) is 10.7. The number of hydrogen-bond acceptors (Lipinski definition) is 7. The lowest BCUT2D eigenvalue weighted by Crippen LogP contribution is -2.49. The van der Waals surface area contributed by atoms with E-state index < -0.39 is 11.6 Å². The molecule has 2 N–H and O–H groups in total. The molecule has 1 amide bonds. The summed E-state index contributed by atoms with van der Waals surface area (Å²) in [6, 6.07) is 51.5. The van der Waals surface area contributed by atoms with Crippen molar-refractivity contribution >= 4 is 23.6 Å². The molecule has 1 aliphatic heterocycles. The predicted molar refractivity (Wildman–Crippen MR) is 220 cm³/mol. The van der Waals surface area contributed by atoms with Gasteiger partial charge in [0.2, 0.25) is 5.90 Å². The quantitative estimate of drug-likeness (QED) is 0.0439. The van der Waals surface area contributed by atoms with Gasteiger partial charge in [-0.1, -0.05) is 132 Å². The average molecular weight is 760 g/mol. The molecule has 0 saturated heterocycles. The second-order valence-electron chi connectivity index (χ2n) is 13.3. The van der Waals surface area contributed by atoms with Gasteiger partial charge >= 0.3 is 0 Å². The Labute approximate surface area is 330 Å². The van der Waals surface area contributed by atoms with E-state index in [-0.39, 0.29) is 32.0 Å². The van der Waals surface area contributed by atoms with Crippen LogP contribution < -0.4 is 10.1 Å². The monoisotopic (exact) mass is 759 g/mol.